The zero-order chi connectivity index (χ0) is 25.2. The highest BCUT2D eigenvalue weighted by Gasteiger charge is 2.48. The van der Waals surface area contributed by atoms with Crippen molar-refractivity contribution < 1.29 is 23.8 Å². The van der Waals surface area contributed by atoms with Gasteiger partial charge in [-0.15, -0.1) is 0 Å². The van der Waals surface area contributed by atoms with E-state index in [-0.39, 0.29) is 19.1 Å². The third-order valence-electron chi connectivity index (χ3n) is 6.43. The molecule has 0 bridgehead atoms. The van der Waals surface area contributed by atoms with Crippen LogP contribution in [0.4, 0.5) is 5.95 Å². The number of nitrogens with zero attached hydrogens (tertiary/aromatic N) is 3. The summed E-state index contributed by atoms with van der Waals surface area (Å²) in [5.74, 6) is -0.530. The fraction of sp³-hybridized carbons (Fsp3) is 0.250. The molecule has 3 aromatic carbocycles. The number of carbonyl (C=O) groups excluding carboxylic acids is 2. The molecule has 4 aromatic rings. The molecule has 1 amide bonds. The average Bonchev–Trinajstić information content (AvgIpc) is 3.29. The van der Waals surface area contributed by atoms with E-state index in [0.29, 0.717) is 23.0 Å². The number of aromatic nitrogens is 2. The molecule has 0 unspecified atom stereocenters. The van der Waals surface area contributed by atoms with Gasteiger partial charge in [0.05, 0.1) is 44.4 Å². The van der Waals surface area contributed by atoms with Gasteiger partial charge in [0.15, 0.2) is 5.92 Å². The number of methoxy groups -OCH3 is 2. The van der Waals surface area contributed by atoms with Crippen LogP contribution in [-0.2, 0) is 20.9 Å². The summed E-state index contributed by atoms with van der Waals surface area (Å²) in [5, 5.41) is 0. The summed E-state index contributed by atoms with van der Waals surface area (Å²) in [6, 6.07) is 21.9. The van der Waals surface area contributed by atoms with Crippen LogP contribution in [0.2, 0.25) is 0 Å². The number of hydrogen-bond acceptors (Lipinski definition) is 6. The second kappa shape index (κ2) is 9.73. The van der Waals surface area contributed by atoms with E-state index in [1.165, 1.54) is 0 Å². The molecule has 1 aromatic heterocycles. The molecule has 2 atom stereocenters. The maximum Gasteiger partial charge on any atom is 0.321 e. The first-order valence-corrected chi connectivity index (χ1v) is 11.8. The fourth-order valence-corrected chi connectivity index (χ4v) is 4.80. The van der Waals surface area contributed by atoms with E-state index in [1.807, 2.05) is 65.2 Å². The van der Waals surface area contributed by atoms with Crippen LogP contribution in [0.3, 0.4) is 0 Å². The molecule has 5 rings (SSSR count). The van der Waals surface area contributed by atoms with Crippen LogP contribution in [0.25, 0.3) is 11.0 Å². The van der Waals surface area contributed by atoms with Crippen molar-refractivity contribution in [3.63, 3.8) is 0 Å². The Morgan fingerprint density at radius 2 is 1.72 bits per heavy atom. The normalized spacial score (nSPS) is 17.1. The van der Waals surface area contributed by atoms with Crippen LogP contribution in [0.5, 0.6) is 11.5 Å². The summed E-state index contributed by atoms with van der Waals surface area (Å²) in [6.07, 6.45) is 0. The molecule has 8 nitrogen and oxygen atoms in total. The molecule has 1 aliphatic rings. The number of rotatable bonds is 7. The first-order chi connectivity index (χ1) is 17.6. The molecule has 0 fully saturated rings. The second-order valence-corrected chi connectivity index (χ2v) is 8.46. The quantitative estimate of drug-likeness (QED) is 0.286. The highest BCUT2D eigenvalue weighted by molar-refractivity contribution is 6.08. The number of carbonyl (C=O) groups is 2. The molecule has 1 aliphatic heterocycles. The Balaban J connectivity index is 1.77. The van der Waals surface area contributed by atoms with E-state index in [2.05, 4.69) is 0 Å². The summed E-state index contributed by atoms with van der Waals surface area (Å²) < 4.78 is 18.5. The van der Waals surface area contributed by atoms with Gasteiger partial charge >= 0.3 is 5.97 Å². The minimum absolute atomic E-state index is 0.158. The lowest BCUT2D eigenvalue weighted by Gasteiger charge is -2.38. The highest BCUT2D eigenvalue weighted by atomic mass is 16.5. The van der Waals surface area contributed by atoms with E-state index in [0.717, 1.165) is 16.6 Å². The first-order valence-electron chi connectivity index (χ1n) is 11.8. The van der Waals surface area contributed by atoms with Crippen molar-refractivity contribution >= 4 is 28.9 Å². The van der Waals surface area contributed by atoms with Crippen molar-refractivity contribution in [3.8, 4) is 11.5 Å². The van der Waals surface area contributed by atoms with Crippen LogP contribution in [-0.4, -0.2) is 42.3 Å². The minimum atomic E-state index is -1.14. The Morgan fingerprint density at radius 3 is 2.44 bits per heavy atom. The van der Waals surface area contributed by atoms with Crippen molar-refractivity contribution in [2.75, 3.05) is 25.7 Å². The number of para-hydroxylation sites is 2. The molecule has 0 N–H and O–H groups in total. The predicted molar refractivity (Wildman–Crippen MR) is 135 cm³/mol. The van der Waals surface area contributed by atoms with Crippen LogP contribution >= 0.6 is 0 Å². The number of imidazole rings is 1. The third-order valence-corrected chi connectivity index (χ3v) is 6.43. The predicted octanol–water partition coefficient (Wildman–Crippen LogP) is 4.37. The standard InChI is InChI=1S/C28H27N3O5/c1-4-36-27(33)24-25(20-15-14-19(34-2)16-23(20)35-3)31-22-13-9-8-12-21(22)29-28(31)30(26(24)32)17-18-10-6-5-7-11-18/h5-16,24-25H,4,17H2,1-3H3/t24-,25-/m1/s1. The van der Waals surface area contributed by atoms with Gasteiger partial charge in [0.1, 0.15) is 11.5 Å². The SMILES string of the molecule is CCOC(=O)[C@H]1C(=O)N(Cc2ccccc2)c2nc3ccccc3n2[C@@H]1c1ccc(OC)cc1OC. The van der Waals surface area contributed by atoms with Gasteiger partial charge in [-0.3, -0.25) is 14.5 Å². The van der Waals surface area contributed by atoms with Gasteiger partial charge in [-0.2, -0.15) is 0 Å². The van der Waals surface area contributed by atoms with Crippen molar-refractivity contribution in [3.05, 3.63) is 83.9 Å². The number of hydrogen-bond donors (Lipinski definition) is 0. The van der Waals surface area contributed by atoms with Gasteiger partial charge in [0.2, 0.25) is 11.9 Å². The van der Waals surface area contributed by atoms with Crippen LogP contribution in [0.1, 0.15) is 24.1 Å². The molecule has 0 spiro atoms. The maximum atomic E-state index is 14.1. The Morgan fingerprint density at radius 1 is 0.972 bits per heavy atom. The summed E-state index contributed by atoms with van der Waals surface area (Å²) in [6.45, 7) is 2.16. The lowest BCUT2D eigenvalue weighted by Crippen LogP contribution is -2.49. The number of ether oxygens (including phenoxy) is 3. The van der Waals surface area contributed by atoms with Crippen molar-refractivity contribution in [2.24, 2.45) is 5.92 Å². The van der Waals surface area contributed by atoms with Crippen LogP contribution < -0.4 is 14.4 Å². The molecule has 8 heteroatoms. The molecule has 0 saturated heterocycles. The van der Waals surface area contributed by atoms with E-state index in [9.17, 15) is 9.59 Å². The van der Waals surface area contributed by atoms with E-state index >= 15 is 0 Å². The molecule has 0 aliphatic carbocycles. The molecule has 2 heterocycles. The third kappa shape index (κ3) is 3.94. The van der Waals surface area contributed by atoms with Gasteiger partial charge in [0, 0.05) is 11.6 Å². The number of anilines is 1. The average molecular weight is 486 g/mol. The highest BCUT2D eigenvalue weighted by Crippen LogP contribution is 2.45. The molecule has 36 heavy (non-hydrogen) atoms. The fourth-order valence-electron chi connectivity index (χ4n) is 4.80. The molecular weight excluding hydrogens is 458 g/mol. The number of fused-ring (bicyclic) bond motifs is 3. The molecule has 184 valence electrons. The second-order valence-electron chi connectivity index (χ2n) is 8.46. The van der Waals surface area contributed by atoms with Gasteiger partial charge in [-0.1, -0.05) is 42.5 Å². The van der Waals surface area contributed by atoms with Crippen molar-refractivity contribution in [1.82, 2.24) is 9.55 Å². The van der Waals surface area contributed by atoms with Crippen molar-refractivity contribution in [2.45, 2.75) is 19.5 Å². The zero-order valence-electron chi connectivity index (χ0n) is 20.4. The Hall–Kier alpha value is -4.33. The van der Waals surface area contributed by atoms with E-state index < -0.39 is 17.9 Å². The summed E-state index contributed by atoms with van der Waals surface area (Å²) in [5.41, 5.74) is 3.11. The van der Waals surface area contributed by atoms with Gasteiger partial charge < -0.3 is 18.8 Å². The molecule has 0 radical (unpaired) electrons. The topological polar surface area (TPSA) is 82.9 Å². The van der Waals surface area contributed by atoms with Gasteiger partial charge in [0.25, 0.3) is 0 Å². The van der Waals surface area contributed by atoms with Crippen molar-refractivity contribution in [1.29, 1.82) is 0 Å². The van der Waals surface area contributed by atoms with Gasteiger partial charge in [-0.25, -0.2) is 4.98 Å². The maximum absolute atomic E-state index is 14.1. The lowest BCUT2D eigenvalue weighted by molar-refractivity contribution is -0.153. The minimum Gasteiger partial charge on any atom is -0.497 e. The summed E-state index contributed by atoms with van der Waals surface area (Å²) in [7, 11) is 3.12. The first kappa shape index (κ1) is 23.4. The monoisotopic (exact) mass is 485 g/mol. The largest absolute Gasteiger partial charge is 0.497 e. The zero-order valence-corrected chi connectivity index (χ0v) is 20.4. The summed E-state index contributed by atoms with van der Waals surface area (Å²) in [4.78, 5) is 33.9. The van der Waals surface area contributed by atoms with Gasteiger partial charge in [-0.05, 0) is 36.8 Å². The van der Waals surface area contributed by atoms with Crippen LogP contribution in [0.15, 0.2) is 72.8 Å². The Kier molecular flexibility index (Phi) is 6.33. The smallest absolute Gasteiger partial charge is 0.321 e. The molecular formula is C28H27N3O5. The Bertz CT molecular complexity index is 1420. The number of esters is 1. The number of benzene rings is 3. The molecule has 0 saturated carbocycles. The van der Waals surface area contributed by atoms with E-state index in [1.54, 1.807) is 38.2 Å². The van der Waals surface area contributed by atoms with Crippen LogP contribution in [0, 0.1) is 5.92 Å². The van der Waals surface area contributed by atoms with E-state index in [4.69, 9.17) is 19.2 Å². The lowest BCUT2D eigenvalue weighted by atomic mass is 9.88. The number of amides is 1. The summed E-state index contributed by atoms with van der Waals surface area (Å²) >= 11 is 0. The Labute approximate surface area is 209 Å².